The van der Waals surface area contributed by atoms with Crippen LogP contribution < -0.4 is 0 Å². The Kier molecular flexibility index (Phi) is 4.52. The van der Waals surface area contributed by atoms with E-state index < -0.39 is 36.4 Å². The first kappa shape index (κ1) is 15.9. The van der Waals surface area contributed by atoms with Crippen LogP contribution in [-0.2, 0) is 4.74 Å². The maximum atomic E-state index is 12.2. The zero-order chi connectivity index (χ0) is 15.9. The first-order chi connectivity index (χ1) is 10.5. The molecule has 120 valence electrons. The Hall–Kier alpha value is -0.990. The first-order valence-corrected chi connectivity index (χ1v) is 8.01. The molecule has 1 aromatic rings. The molecular weight excluding hydrogens is 354 g/mol. The van der Waals surface area contributed by atoms with Crippen molar-refractivity contribution in [2.75, 3.05) is 13.1 Å². The summed E-state index contributed by atoms with van der Waals surface area (Å²) in [5.41, 5.74) is 0.344. The van der Waals surface area contributed by atoms with Crippen molar-refractivity contribution < 1.29 is 24.9 Å². The minimum atomic E-state index is -1.11. The molecular formula is C15H18BrNO5. The molecule has 2 fully saturated rings. The van der Waals surface area contributed by atoms with Crippen molar-refractivity contribution in [1.82, 2.24) is 4.90 Å². The first-order valence-electron chi connectivity index (χ1n) is 7.22. The Morgan fingerprint density at radius 2 is 1.86 bits per heavy atom. The lowest BCUT2D eigenvalue weighted by Crippen LogP contribution is -2.62. The van der Waals surface area contributed by atoms with Gasteiger partial charge in [-0.3, -0.25) is 4.90 Å². The highest BCUT2D eigenvalue weighted by Gasteiger charge is 2.49. The van der Waals surface area contributed by atoms with E-state index in [4.69, 9.17) is 4.74 Å². The van der Waals surface area contributed by atoms with Gasteiger partial charge in [0.25, 0.3) is 0 Å². The number of fused-ring (bicyclic) bond motifs is 1. The van der Waals surface area contributed by atoms with Gasteiger partial charge < -0.3 is 20.1 Å². The number of hydrogen-bond acceptors (Lipinski definition) is 6. The van der Waals surface area contributed by atoms with Crippen LogP contribution in [0.1, 0.15) is 16.8 Å². The SMILES string of the molecule is O=C(O[C@H]1[C@H](O)[C@H]2[C@@H](O)CCN2C[C@@H]1O)c1ccc(Br)cc1. The molecule has 0 aliphatic carbocycles. The minimum Gasteiger partial charge on any atom is -0.453 e. The summed E-state index contributed by atoms with van der Waals surface area (Å²) >= 11 is 3.28. The van der Waals surface area contributed by atoms with Gasteiger partial charge in [0.15, 0.2) is 6.10 Å². The molecule has 0 spiro atoms. The number of ether oxygens (including phenoxy) is 1. The van der Waals surface area contributed by atoms with Crippen molar-refractivity contribution in [1.29, 1.82) is 0 Å². The predicted octanol–water partition coefficient (Wildman–Crippen LogP) is 0.145. The second-order valence-corrected chi connectivity index (χ2v) is 6.69. The molecule has 2 saturated heterocycles. The number of rotatable bonds is 2. The van der Waals surface area contributed by atoms with E-state index >= 15 is 0 Å². The highest BCUT2D eigenvalue weighted by molar-refractivity contribution is 9.10. The summed E-state index contributed by atoms with van der Waals surface area (Å²) in [6, 6.07) is 6.14. The number of carbonyl (C=O) groups is 1. The Morgan fingerprint density at radius 3 is 2.55 bits per heavy atom. The fraction of sp³-hybridized carbons (Fsp3) is 0.533. The van der Waals surface area contributed by atoms with E-state index in [2.05, 4.69) is 15.9 Å². The summed E-state index contributed by atoms with van der Waals surface area (Å²) in [5.74, 6) is -0.600. The zero-order valence-electron chi connectivity index (χ0n) is 11.8. The van der Waals surface area contributed by atoms with E-state index in [9.17, 15) is 20.1 Å². The van der Waals surface area contributed by atoms with Crippen LogP contribution in [0.2, 0.25) is 0 Å². The lowest BCUT2D eigenvalue weighted by molar-refractivity contribution is -0.144. The van der Waals surface area contributed by atoms with Gasteiger partial charge in [-0.25, -0.2) is 4.79 Å². The van der Waals surface area contributed by atoms with Crippen LogP contribution in [0.15, 0.2) is 28.7 Å². The largest absolute Gasteiger partial charge is 0.453 e. The summed E-state index contributed by atoms with van der Waals surface area (Å²) in [6.07, 6.45) is -3.25. The van der Waals surface area contributed by atoms with Gasteiger partial charge in [0, 0.05) is 17.6 Å². The van der Waals surface area contributed by atoms with Crippen molar-refractivity contribution in [3.63, 3.8) is 0 Å². The number of hydrogen-bond donors (Lipinski definition) is 3. The quantitative estimate of drug-likeness (QED) is 0.641. The summed E-state index contributed by atoms with van der Waals surface area (Å²) in [6.45, 7) is 0.893. The molecule has 3 rings (SSSR count). The smallest absolute Gasteiger partial charge is 0.338 e. The zero-order valence-corrected chi connectivity index (χ0v) is 13.4. The van der Waals surface area contributed by atoms with Crippen LogP contribution >= 0.6 is 15.9 Å². The van der Waals surface area contributed by atoms with Gasteiger partial charge in [-0.1, -0.05) is 15.9 Å². The molecule has 2 aliphatic heterocycles. The number of esters is 1. The average Bonchev–Trinajstić information content (AvgIpc) is 2.85. The Labute approximate surface area is 136 Å². The van der Waals surface area contributed by atoms with Gasteiger partial charge in [0.05, 0.1) is 17.7 Å². The van der Waals surface area contributed by atoms with Gasteiger partial charge in [-0.15, -0.1) is 0 Å². The lowest BCUT2D eigenvalue weighted by atomic mass is 9.92. The summed E-state index contributed by atoms with van der Waals surface area (Å²) < 4.78 is 6.15. The highest BCUT2D eigenvalue weighted by Crippen LogP contribution is 2.30. The molecule has 7 heteroatoms. The maximum absolute atomic E-state index is 12.2. The molecule has 6 nitrogen and oxygen atoms in total. The van der Waals surface area contributed by atoms with Crippen LogP contribution in [0.3, 0.4) is 0 Å². The third-order valence-electron chi connectivity index (χ3n) is 4.34. The summed E-state index contributed by atoms with van der Waals surface area (Å²) in [4.78, 5) is 14.0. The summed E-state index contributed by atoms with van der Waals surface area (Å²) in [5, 5.41) is 30.5. The van der Waals surface area contributed by atoms with Crippen molar-refractivity contribution in [2.45, 2.75) is 36.9 Å². The third-order valence-corrected chi connectivity index (χ3v) is 4.87. The molecule has 2 heterocycles. The lowest BCUT2D eigenvalue weighted by Gasteiger charge is -2.42. The number of piperidine rings is 1. The van der Waals surface area contributed by atoms with Crippen molar-refractivity contribution in [3.05, 3.63) is 34.3 Å². The molecule has 0 unspecified atom stereocenters. The van der Waals surface area contributed by atoms with Crippen LogP contribution in [0.4, 0.5) is 0 Å². The number of carbonyl (C=O) groups excluding carboxylic acids is 1. The van der Waals surface area contributed by atoms with E-state index in [1.807, 2.05) is 4.90 Å². The molecule has 0 saturated carbocycles. The number of aliphatic hydroxyl groups excluding tert-OH is 3. The van der Waals surface area contributed by atoms with Crippen molar-refractivity contribution >= 4 is 21.9 Å². The summed E-state index contributed by atoms with van der Waals surface area (Å²) in [7, 11) is 0. The third kappa shape index (κ3) is 2.91. The highest BCUT2D eigenvalue weighted by atomic mass is 79.9. The van der Waals surface area contributed by atoms with Crippen LogP contribution in [0.5, 0.6) is 0 Å². The topological polar surface area (TPSA) is 90.2 Å². The predicted molar refractivity (Wildman–Crippen MR) is 81.3 cm³/mol. The molecule has 0 amide bonds. The van der Waals surface area contributed by atoms with Gasteiger partial charge >= 0.3 is 5.97 Å². The molecule has 1 aromatic carbocycles. The molecule has 3 N–H and O–H groups in total. The average molecular weight is 372 g/mol. The van der Waals surface area contributed by atoms with Gasteiger partial charge in [-0.2, -0.15) is 0 Å². The molecule has 5 atom stereocenters. The number of aliphatic hydroxyl groups is 3. The Balaban J connectivity index is 1.73. The second-order valence-electron chi connectivity index (χ2n) is 5.78. The number of halogens is 1. The van der Waals surface area contributed by atoms with E-state index in [0.717, 1.165) is 4.47 Å². The minimum absolute atomic E-state index is 0.275. The maximum Gasteiger partial charge on any atom is 0.338 e. The Morgan fingerprint density at radius 1 is 1.18 bits per heavy atom. The van der Waals surface area contributed by atoms with E-state index in [1.165, 1.54) is 0 Å². The van der Waals surface area contributed by atoms with Gasteiger partial charge in [0.2, 0.25) is 0 Å². The van der Waals surface area contributed by atoms with E-state index in [1.54, 1.807) is 24.3 Å². The fourth-order valence-corrected chi connectivity index (χ4v) is 3.47. The van der Waals surface area contributed by atoms with Crippen LogP contribution in [-0.4, -0.2) is 69.7 Å². The van der Waals surface area contributed by atoms with E-state index in [-0.39, 0.29) is 6.54 Å². The molecule has 22 heavy (non-hydrogen) atoms. The van der Waals surface area contributed by atoms with Crippen molar-refractivity contribution in [3.8, 4) is 0 Å². The molecule has 0 aromatic heterocycles. The fourth-order valence-electron chi connectivity index (χ4n) is 3.21. The second kappa shape index (κ2) is 6.25. The monoisotopic (exact) mass is 371 g/mol. The molecule has 2 aliphatic rings. The number of nitrogens with zero attached hydrogens (tertiary/aromatic N) is 1. The van der Waals surface area contributed by atoms with Crippen molar-refractivity contribution in [2.24, 2.45) is 0 Å². The van der Waals surface area contributed by atoms with Crippen LogP contribution in [0.25, 0.3) is 0 Å². The number of benzene rings is 1. The molecule has 0 bridgehead atoms. The Bertz CT molecular complexity index is 551. The van der Waals surface area contributed by atoms with Gasteiger partial charge in [-0.05, 0) is 30.7 Å². The van der Waals surface area contributed by atoms with Gasteiger partial charge in [0.1, 0.15) is 12.2 Å². The normalized spacial score (nSPS) is 35.2. The standard InChI is InChI=1S/C15H18BrNO5/c16-9-3-1-8(2-4-9)15(21)22-14-11(19)7-17-6-5-10(18)12(17)13(14)20/h1-4,10-14,18-20H,5-7H2/t10-,11-,12+,13+,14+/m0/s1. The van der Waals surface area contributed by atoms with Crippen LogP contribution in [0, 0.1) is 0 Å². The van der Waals surface area contributed by atoms with E-state index in [0.29, 0.717) is 18.5 Å². The molecule has 0 radical (unpaired) electrons.